The van der Waals surface area contributed by atoms with Crippen molar-refractivity contribution in [2.24, 2.45) is 5.92 Å². The highest BCUT2D eigenvalue weighted by Crippen LogP contribution is 2.19. The van der Waals surface area contributed by atoms with Crippen molar-refractivity contribution in [3.63, 3.8) is 0 Å². The van der Waals surface area contributed by atoms with Crippen molar-refractivity contribution in [1.29, 1.82) is 0 Å². The molecular weight excluding hydrogens is 359 g/mol. The smallest absolute Gasteiger partial charge is 0.255 e. The fourth-order valence-corrected chi connectivity index (χ4v) is 2.83. The molecule has 0 bridgehead atoms. The number of amides is 2. The maximum atomic E-state index is 13.1. The zero-order chi connectivity index (χ0) is 20.7. The van der Waals surface area contributed by atoms with Crippen LogP contribution in [0.4, 0.5) is 4.39 Å². The summed E-state index contributed by atoms with van der Waals surface area (Å²) in [5, 5.41) is 5.69. The van der Waals surface area contributed by atoms with E-state index in [9.17, 15) is 14.0 Å². The minimum Gasteiger partial charge on any atom is -0.493 e. The quantitative estimate of drug-likeness (QED) is 0.724. The Morgan fingerprint density at radius 1 is 1.00 bits per heavy atom. The molecule has 2 amide bonds. The minimum absolute atomic E-state index is 0.122. The van der Waals surface area contributed by atoms with Crippen molar-refractivity contribution in [2.45, 2.75) is 39.8 Å². The molecule has 0 radical (unpaired) electrons. The largest absolute Gasteiger partial charge is 0.493 e. The Balaban J connectivity index is 2.11. The number of rotatable bonds is 8. The predicted octanol–water partition coefficient (Wildman–Crippen LogP) is 3.86. The first kappa shape index (κ1) is 21.4. The van der Waals surface area contributed by atoms with Crippen LogP contribution in [-0.2, 0) is 4.79 Å². The second kappa shape index (κ2) is 9.88. The van der Waals surface area contributed by atoms with E-state index in [0.29, 0.717) is 17.9 Å². The summed E-state index contributed by atoms with van der Waals surface area (Å²) in [6, 6.07) is 11.8. The van der Waals surface area contributed by atoms with Gasteiger partial charge in [-0.3, -0.25) is 9.59 Å². The van der Waals surface area contributed by atoms with Gasteiger partial charge in [-0.05, 0) is 49.6 Å². The third kappa shape index (κ3) is 5.55. The van der Waals surface area contributed by atoms with Gasteiger partial charge in [0.1, 0.15) is 17.6 Å². The topological polar surface area (TPSA) is 67.4 Å². The highest BCUT2D eigenvalue weighted by atomic mass is 19.1. The molecule has 0 heterocycles. The third-order valence-electron chi connectivity index (χ3n) is 4.40. The lowest BCUT2D eigenvalue weighted by molar-refractivity contribution is -0.124. The molecular formula is C22H27FN2O3. The minimum atomic E-state index is -0.718. The summed E-state index contributed by atoms with van der Waals surface area (Å²) in [7, 11) is 0. The molecule has 2 atom stereocenters. The van der Waals surface area contributed by atoms with Crippen molar-refractivity contribution < 1.29 is 18.7 Å². The van der Waals surface area contributed by atoms with E-state index < -0.39 is 6.04 Å². The summed E-state index contributed by atoms with van der Waals surface area (Å²) in [6.07, 6.45) is 0. The van der Waals surface area contributed by atoms with E-state index >= 15 is 0 Å². The van der Waals surface area contributed by atoms with Gasteiger partial charge in [0.05, 0.1) is 18.2 Å². The Labute approximate surface area is 165 Å². The lowest BCUT2D eigenvalue weighted by atomic mass is 10.0. The van der Waals surface area contributed by atoms with E-state index in [0.717, 1.165) is 5.56 Å². The fourth-order valence-electron chi connectivity index (χ4n) is 2.83. The highest BCUT2D eigenvalue weighted by molar-refractivity contribution is 5.99. The standard InChI is InChI=1S/C22H27FN2O3/c1-5-28-19-9-7-6-8-18(19)21(26)25-20(14(2)3)22(27)24-15(4)16-10-12-17(23)13-11-16/h6-15,20H,5H2,1-4H3,(H,24,27)(H,25,26)/t15-,20+/m1/s1. The number of para-hydroxylation sites is 1. The van der Waals surface area contributed by atoms with Gasteiger partial charge in [0, 0.05) is 0 Å². The van der Waals surface area contributed by atoms with Crippen LogP contribution in [0.15, 0.2) is 48.5 Å². The molecule has 0 spiro atoms. The van der Waals surface area contributed by atoms with Crippen LogP contribution in [0, 0.1) is 11.7 Å². The Morgan fingerprint density at radius 2 is 1.64 bits per heavy atom. The van der Waals surface area contributed by atoms with Crippen LogP contribution >= 0.6 is 0 Å². The number of halogens is 1. The van der Waals surface area contributed by atoms with Crippen LogP contribution in [0.25, 0.3) is 0 Å². The molecule has 0 aromatic heterocycles. The lowest BCUT2D eigenvalue weighted by Gasteiger charge is -2.24. The predicted molar refractivity (Wildman–Crippen MR) is 107 cm³/mol. The molecule has 0 fully saturated rings. The monoisotopic (exact) mass is 386 g/mol. The second-order valence-electron chi connectivity index (χ2n) is 6.91. The summed E-state index contributed by atoms with van der Waals surface area (Å²) in [5.74, 6) is -0.641. The number of carbonyl (C=O) groups excluding carboxylic acids is 2. The van der Waals surface area contributed by atoms with Gasteiger partial charge in [0.2, 0.25) is 5.91 Å². The van der Waals surface area contributed by atoms with Crippen LogP contribution in [-0.4, -0.2) is 24.5 Å². The molecule has 150 valence electrons. The first-order chi connectivity index (χ1) is 13.3. The first-order valence-electron chi connectivity index (χ1n) is 9.42. The van der Waals surface area contributed by atoms with Crippen molar-refractivity contribution >= 4 is 11.8 Å². The lowest BCUT2D eigenvalue weighted by Crippen LogP contribution is -2.50. The second-order valence-corrected chi connectivity index (χ2v) is 6.91. The SMILES string of the molecule is CCOc1ccccc1C(=O)N[C@H](C(=O)N[C@H](C)c1ccc(F)cc1)C(C)C. The zero-order valence-electron chi connectivity index (χ0n) is 16.7. The van der Waals surface area contributed by atoms with Gasteiger partial charge in [-0.2, -0.15) is 0 Å². The van der Waals surface area contributed by atoms with E-state index in [1.165, 1.54) is 12.1 Å². The summed E-state index contributed by atoms with van der Waals surface area (Å²) >= 11 is 0. The number of nitrogens with one attached hydrogen (secondary N) is 2. The van der Waals surface area contributed by atoms with Crippen molar-refractivity contribution in [2.75, 3.05) is 6.61 Å². The van der Waals surface area contributed by atoms with Crippen molar-refractivity contribution in [1.82, 2.24) is 10.6 Å². The van der Waals surface area contributed by atoms with Gasteiger partial charge in [0.15, 0.2) is 0 Å². The third-order valence-corrected chi connectivity index (χ3v) is 4.40. The number of carbonyl (C=O) groups is 2. The molecule has 28 heavy (non-hydrogen) atoms. The van der Waals surface area contributed by atoms with Crippen LogP contribution in [0.5, 0.6) is 5.75 Å². The van der Waals surface area contributed by atoms with Crippen LogP contribution in [0.3, 0.4) is 0 Å². The molecule has 0 aliphatic carbocycles. The van der Waals surface area contributed by atoms with E-state index in [1.54, 1.807) is 36.4 Å². The van der Waals surface area contributed by atoms with Crippen molar-refractivity contribution in [3.8, 4) is 5.75 Å². The van der Waals surface area contributed by atoms with Crippen molar-refractivity contribution in [3.05, 3.63) is 65.5 Å². The van der Waals surface area contributed by atoms with Gasteiger partial charge in [-0.25, -0.2) is 4.39 Å². The first-order valence-corrected chi connectivity index (χ1v) is 9.42. The number of hydrogen-bond acceptors (Lipinski definition) is 3. The number of hydrogen-bond donors (Lipinski definition) is 2. The van der Waals surface area contributed by atoms with E-state index in [-0.39, 0.29) is 29.6 Å². The molecule has 0 saturated carbocycles. The van der Waals surface area contributed by atoms with Crippen LogP contribution in [0.1, 0.15) is 49.7 Å². The molecule has 2 aromatic rings. The Bertz CT molecular complexity index is 806. The van der Waals surface area contributed by atoms with E-state index in [1.807, 2.05) is 27.7 Å². The zero-order valence-corrected chi connectivity index (χ0v) is 16.7. The van der Waals surface area contributed by atoms with E-state index in [2.05, 4.69) is 10.6 Å². The van der Waals surface area contributed by atoms with Crippen LogP contribution in [0.2, 0.25) is 0 Å². The molecule has 5 nitrogen and oxygen atoms in total. The Hall–Kier alpha value is -2.89. The average molecular weight is 386 g/mol. The summed E-state index contributed by atoms with van der Waals surface area (Å²) < 4.78 is 18.6. The van der Waals surface area contributed by atoms with Gasteiger partial charge < -0.3 is 15.4 Å². The molecule has 2 aromatic carbocycles. The fraction of sp³-hybridized carbons (Fsp3) is 0.364. The van der Waals surface area contributed by atoms with Gasteiger partial charge >= 0.3 is 0 Å². The number of ether oxygens (including phenoxy) is 1. The summed E-state index contributed by atoms with van der Waals surface area (Å²) in [5.41, 5.74) is 1.17. The van der Waals surface area contributed by atoms with Crippen LogP contribution < -0.4 is 15.4 Å². The number of benzene rings is 2. The molecule has 0 aliphatic heterocycles. The van der Waals surface area contributed by atoms with E-state index in [4.69, 9.17) is 4.74 Å². The molecule has 2 rings (SSSR count). The van der Waals surface area contributed by atoms with Gasteiger partial charge in [0.25, 0.3) is 5.91 Å². The maximum absolute atomic E-state index is 13.1. The molecule has 0 saturated heterocycles. The molecule has 6 heteroatoms. The summed E-state index contributed by atoms with van der Waals surface area (Å²) in [4.78, 5) is 25.5. The normalized spacial score (nSPS) is 12.9. The maximum Gasteiger partial charge on any atom is 0.255 e. The molecule has 0 unspecified atom stereocenters. The average Bonchev–Trinajstić information content (AvgIpc) is 2.66. The molecule has 0 aliphatic rings. The van der Waals surface area contributed by atoms with Gasteiger partial charge in [-0.15, -0.1) is 0 Å². The molecule has 2 N–H and O–H groups in total. The summed E-state index contributed by atoms with van der Waals surface area (Å²) in [6.45, 7) is 7.82. The Morgan fingerprint density at radius 3 is 2.25 bits per heavy atom. The van der Waals surface area contributed by atoms with Gasteiger partial charge in [-0.1, -0.05) is 38.1 Å². The Kier molecular flexibility index (Phi) is 7.55. The highest BCUT2D eigenvalue weighted by Gasteiger charge is 2.27.